The number of esters is 1. The Kier molecular flexibility index (Phi) is 19.2. The molecule has 0 aromatic rings. The monoisotopic (exact) mass is 511 g/mol. The van der Waals surface area contributed by atoms with Gasteiger partial charge in [-0.15, -0.1) is 0 Å². The third kappa shape index (κ3) is 17.8. The molecule has 3 heteroatoms. The molecular formula is C33H68NO2+. The molecule has 0 aromatic carbocycles. The van der Waals surface area contributed by atoms with Gasteiger partial charge >= 0.3 is 5.97 Å². The third-order valence-electron chi connectivity index (χ3n) is 7.91. The van der Waals surface area contributed by atoms with Crippen molar-refractivity contribution >= 4 is 5.97 Å². The Morgan fingerprint density at radius 1 is 0.611 bits per heavy atom. The fourth-order valence-corrected chi connectivity index (χ4v) is 5.39. The summed E-state index contributed by atoms with van der Waals surface area (Å²) >= 11 is 0. The van der Waals surface area contributed by atoms with Crippen molar-refractivity contribution < 1.29 is 14.0 Å². The van der Waals surface area contributed by atoms with Crippen LogP contribution >= 0.6 is 0 Å². The minimum atomic E-state index is -0.0727. The lowest BCUT2D eigenvalue weighted by Crippen LogP contribution is -2.52. The summed E-state index contributed by atoms with van der Waals surface area (Å²) in [6.07, 6.45) is 19.7. The van der Waals surface area contributed by atoms with Crippen molar-refractivity contribution in [3.8, 4) is 0 Å². The Balaban J connectivity index is 4.88. The van der Waals surface area contributed by atoms with E-state index in [-0.39, 0.29) is 22.7 Å². The first-order chi connectivity index (χ1) is 16.9. The summed E-state index contributed by atoms with van der Waals surface area (Å²) in [4.78, 5) is 13.2. The first-order valence-electron chi connectivity index (χ1n) is 15.9. The van der Waals surface area contributed by atoms with E-state index in [1.165, 1.54) is 110 Å². The minimum absolute atomic E-state index is 0.0143. The first-order valence-corrected chi connectivity index (χ1v) is 15.9. The molecule has 0 saturated heterocycles. The molecule has 1 unspecified atom stereocenters. The van der Waals surface area contributed by atoms with Crippen LogP contribution < -0.4 is 0 Å². The second kappa shape index (κ2) is 19.5. The van der Waals surface area contributed by atoms with Crippen LogP contribution in [0.1, 0.15) is 159 Å². The topological polar surface area (TPSA) is 26.3 Å². The van der Waals surface area contributed by atoms with E-state index in [1.807, 2.05) is 0 Å². The number of nitrogens with zero attached hydrogens (tertiary/aromatic N) is 1. The number of hydrogen-bond donors (Lipinski definition) is 0. The van der Waals surface area contributed by atoms with Crippen molar-refractivity contribution in [3.05, 3.63) is 0 Å². The molecule has 0 heterocycles. The lowest BCUT2D eigenvalue weighted by atomic mass is 9.72. The first kappa shape index (κ1) is 35.4. The van der Waals surface area contributed by atoms with Crippen LogP contribution in [0.15, 0.2) is 0 Å². The van der Waals surface area contributed by atoms with E-state index in [2.05, 4.69) is 62.3 Å². The van der Waals surface area contributed by atoms with Gasteiger partial charge in [0.1, 0.15) is 13.2 Å². The summed E-state index contributed by atoms with van der Waals surface area (Å²) in [6, 6.07) is 0. The standard InChI is InChI=1S/C33H68NO2/c1-10-13-16-17-18-19-20-21-22-23-26-34(24-14-11-2,25-15-12-3)27-28-36-31(35)30(33(7,8)9)29-32(4,5)6/h30H,10-29H2,1-9H3/q+1. The highest BCUT2D eigenvalue weighted by Gasteiger charge is 2.36. The van der Waals surface area contributed by atoms with Crippen molar-refractivity contribution in [3.63, 3.8) is 0 Å². The van der Waals surface area contributed by atoms with Gasteiger partial charge in [0, 0.05) is 0 Å². The highest BCUT2D eigenvalue weighted by atomic mass is 16.5. The molecule has 0 fully saturated rings. The van der Waals surface area contributed by atoms with Crippen LogP contribution in [0.4, 0.5) is 0 Å². The van der Waals surface area contributed by atoms with Crippen molar-refractivity contribution in [2.24, 2.45) is 16.7 Å². The van der Waals surface area contributed by atoms with E-state index >= 15 is 0 Å². The van der Waals surface area contributed by atoms with Gasteiger partial charge in [0.15, 0.2) is 0 Å². The number of rotatable bonds is 22. The molecular weight excluding hydrogens is 442 g/mol. The van der Waals surface area contributed by atoms with Crippen LogP contribution in [0.5, 0.6) is 0 Å². The maximum absolute atomic E-state index is 13.2. The Bertz CT molecular complexity index is 521. The predicted octanol–water partition coefficient (Wildman–Crippen LogP) is 9.97. The zero-order valence-electron chi connectivity index (χ0n) is 26.5. The Morgan fingerprint density at radius 3 is 1.44 bits per heavy atom. The summed E-state index contributed by atoms with van der Waals surface area (Å²) in [6.45, 7) is 25.4. The molecule has 0 aromatic heterocycles. The van der Waals surface area contributed by atoms with E-state index in [4.69, 9.17) is 4.74 Å². The number of unbranched alkanes of at least 4 members (excludes halogenated alkanes) is 11. The van der Waals surface area contributed by atoms with Gasteiger partial charge in [0.2, 0.25) is 0 Å². The van der Waals surface area contributed by atoms with E-state index in [0.717, 1.165) is 17.4 Å². The molecule has 0 aliphatic rings. The summed E-state index contributed by atoms with van der Waals surface area (Å²) in [5, 5.41) is 0. The molecule has 1 atom stereocenters. The molecule has 36 heavy (non-hydrogen) atoms. The zero-order chi connectivity index (χ0) is 27.5. The average molecular weight is 511 g/mol. The maximum Gasteiger partial charge on any atom is 0.309 e. The van der Waals surface area contributed by atoms with Crippen LogP contribution in [0, 0.1) is 16.7 Å². The molecule has 0 N–H and O–H groups in total. The van der Waals surface area contributed by atoms with Gasteiger partial charge in [-0.3, -0.25) is 4.79 Å². The van der Waals surface area contributed by atoms with Gasteiger partial charge in [-0.2, -0.15) is 0 Å². The normalized spacial score (nSPS) is 13.7. The van der Waals surface area contributed by atoms with Crippen LogP contribution in [0.2, 0.25) is 0 Å². The molecule has 0 rings (SSSR count). The molecule has 3 nitrogen and oxygen atoms in total. The molecule has 0 spiro atoms. The second-order valence-electron chi connectivity index (χ2n) is 14.0. The SMILES string of the molecule is CCCCCCCCCCCC[N+](CCCC)(CCCC)CCOC(=O)C(CC(C)(C)C)C(C)(C)C. The largest absolute Gasteiger partial charge is 0.459 e. The van der Waals surface area contributed by atoms with Crippen LogP contribution in [-0.2, 0) is 9.53 Å². The predicted molar refractivity (Wildman–Crippen MR) is 159 cm³/mol. The van der Waals surface area contributed by atoms with E-state index < -0.39 is 0 Å². The van der Waals surface area contributed by atoms with Gasteiger partial charge in [-0.25, -0.2) is 0 Å². The third-order valence-corrected chi connectivity index (χ3v) is 7.91. The summed E-state index contributed by atoms with van der Waals surface area (Å²) in [5.41, 5.74) is 0.0469. The Morgan fingerprint density at radius 2 is 1.03 bits per heavy atom. The zero-order valence-corrected chi connectivity index (χ0v) is 26.5. The Labute approximate surface area is 228 Å². The maximum atomic E-state index is 13.2. The number of hydrogen-bond acceptors (Lipinski definition) is 2. The fourth-order valence-electron chi connectivity index (χ4n) is 5.39. The molecule has 216 valence electrons. The summed E-state index contributed by atoms with van der Waals surface area (Å²) < 4.78 is 7.18. The lowest BCUT2D eigenvalue weighted by Gasteiger charge is -2.39. The Hall–Kier alpha value is -0.570. The van der Waals surface area contributed by atoms with Gasteiger partial charge in [0.05, 0.1) is 25.6 Å². The van der Waals surface area contributed by atoms with Crippen molar-refractivity contribution in [2.75, 3.05) is 32.8 Å². The van der Waals surface area contributed by atoms with Crippen LogP contribution in [0.3, 0.4) is 0 Å². The minimum Gasteiger partial charge on any atom is -0.459 e. The number of quaternary nitrogens is 1. The van der Waals surface area contributed by atoms with Gasteiger partial charge in [-0.1, -0.05) is 127 Å². The molecule has 0 bridgehead atoms. The molecule has 0 aliphatic carbocycles. The molecule has 0 amide bonds. The highest BCUT2D eigenvalue weighted by molar-refractivity contribution is 5.73. The number of carbonyl (C=O) groups is 1. The van der Waals surface area contributed by atoms with Crippen molar-refractivity contribution in [1.82, 2.24) is 0 Å². The fraction of sp³-hybridized carbons (Fsp3) is 0.970. The van der Waals surface area contributed by atoms with E-state index in [1.54, 1.807) is 0 Å². The molecule has 0 radical (unpaired) electrons. The summed E-state index contributed by atoms with van der Waals surface area (Å²) in [7, 11) is 0. The van der Waals surface area contributed by atoms with Gasteiger partial charge in [0.25, 0.3) is 0 Å². The van der Waals surface area contributed by atoms with Crippen LogP contribution in [0.25, 0.3) is 0 Å². The molecule has 0 saturated carbocycles. The smallest absolute Gasteiger partial charge is 0.309 e. The van der Waals surface area contributed by atoms with E-state index in [9.17, 15) is 4.79 Å². The van der Waals surface area contributed by atoms with Crippen molar-refractivity contribution in [2.45, 2.75) is 159 Å². The number of ether oxygens (including phenoxy) is 1. The van der Waals surface area contributed by atoms with Gasteiger partial charge in [-0.05, 0) is 42.9 Å². The quantitative estimate of drug-likeness (QED) is 0.0822. The van der Waals surface area contributed by atoms with Crippen molar-refractivity contribution in [1.29, 1.82) is 0 Å². The summed E-state index contributed by atoms with van der Waals surface area (Å²) in [5.74, 6) is -0.0342. The lowest BCUT2D eigenvalue weighted by molar-refractivity contribution is -0.929. The average Bonchev–Trinajstić information content (AvgIpc) is 2.79. The van der Waals surface area contributed by atoms with Crippen LogP contribution in [-0.4, -0.2) is 43.2 Å². The van der Waals surface area contributed by atoms with Gasteiger partial charge < -0.3 is 9.22 Å². The molecule has 0 aliphatic heterocycles. The number of carbonyl (C=O) groups excluding carboxylic acids is 1. The second-order valence-corrected chi connectivity index (χ2v) is 14.0. The highest BCUT2D eigenvalue weighted by Crippen LogP contribution is 2.36. The van der Waals surface area contributed by atoms with E-state index in [0.29, 0.717) is 6.61 Å².